The minimum atomic E-state index is -3.55. The van der Waals surface area contributed by atoms with Gasteiger partial charge < -0.3 is 4.52 Å². The van der Waals surface area contributed by atoms with E-state index in [1.54, 1.807) is 26.0 Å². The molecule has 1 rings (SSSR count). The molecule has 1 aromatic rings. The molecule has 0 radical (unpaired) electrons. The quantitative estimate of drug-likeness (QED) is 0.555. The van der Waals surface area contributed by atoms with E-state index in [9.17, 15) is 9.36 Å². The first-order chi connectivity index (χ1) is 8.13. The van der Waals surface area contributed by atoms with Crippen LogP contribution in [0.3, 0.4) is 0 Å². The molecular weight excluding hydrogens is 243 g/mol. The van der Waals surface area contributed by atoms with Crippen molar-refractivity contribution in [3.63, 3.8) is 0 Å². The van der Waals surface area contributed by atoms with E-state index >= 15 is 0 Å². The van der Waals surface area contributed by atoms with E-state index in [-0.39, 0.29) is 13.2 Å². The van der Waals surface area contributed by atoms with Crippen molar-refractivity contribution < 1.29 is 22.9 Å². The van der Waals surface area contributed by atoms with Crippen LogP contribution in [0.15, 0.2) is 24.3 Å². The first-order valence-corrected chi connectivity index (χ1v) is 6.73. The highest BCUT2D eigenvalue weighted by Crippen LogP contribution is 2.49. The predicted molar refractivity (Wildman–Crippen MR) is 63.3 cm³/mol. The molecule has 6 heteroatoms. The van der Waals surface area contributed by atoms with Crippen molar-refractivity contribution in [2.75, 3.05) is 13.2 Å². The molecule has 0 heterocycles. The van der Waals surface area contributed by atoms with Gasteiger partial charge in [-0.2, -0.15) is 0 Å². The van der Waals surface area contributed by atoms with E-state index in [1.807, 2.05) is 0 Å². The van der Waals surface area contributed by atoms with Gasteiger partial charge in [0.15, 0.2) is 0 Å². The Morgan fingerprint density at radius 1 is 1.12 bits per heavy atom. The topological polar surface area (TPSA) is 61.8 Å². The van der Waals surface area contributed by atoms with Gasteiger partial charge in [-0.25, -0.2) is 4.57 Å². The maximum atomic E-state index is 12.0. The largest absolute Gasteiger partial charge is 0.530 e. The molecule has 0 aliphatic carbocycles. The third kappa shape index (κ3) is 4.30. The number of carbonyl (C=O) groups is 1. The molecule has 0 spiro atoms. The van der Waals surface area contributed by atoms with Crippen LogP contribution in [0.4, 0.5) is 0 Å². The van der Waals surface area contributed by atoms with Crippen molar-refractivity contribution in [1.82, 2.24) is 0 Å². The fraction of sp³-hybridized carbons (Fsp3) is 0.364. The highest BCUT2D eigenvalue weighted by molar-refractivity contribution is 7.48. The molecule has 0 bridgehead atoms. The molecule has 0 aromatic heterocycles. The smallest absolute Gasteiger partial charge is 0.404 e. The number of phosphoric ester groups is 1. The fourth-order valence-corrected chi connectivity index (χ4v) is 2.33. The van der Waals surface area contributed by atoms with Crippen molar-refractivity contribution in [2.24, 2.45) is 0 Å². The normalized spacial score (nSPS) is 11.2. The number of benzene rings is 1. The summed E-state index contributed by atoms with van der Waals surface area (Å²) in [5.74, 6) is 0.334. The summed E-state index contributed by atoms with van der Waals surface area (Å²) in [6, 6.07) is 6.19. The lowest BCUT2D eigenvalue weighted by Gasteiger charge is -2.16. The Labute approximate surface area is 100 Å². The Balaban J connectivity index is 2.78. The van der Waals surface area contributed by atoms with Gasteiger partial charge in [0, 0.05) is 5.56 Å². The van der Waals surface area contributed by atoms with Gasteiger partial charge in [-0.1, -0.05) is 0 Å². The van der Waals surface area contributed by atoms with Crippen LogP contribution in [0, 0.1) is 0 Å². The van der Waals surface area contributed by atoms with Crippen LogP contribution in [0.25, 0.3) is 0 Å². The number of aldehydes is 1. The summed E-state index contributed by atoms with van der Waals surface area (Å²) in [4.78, 5) is 10.5. The zero-order chi connectivity index (χ0) is 12.7. The molecule has 0 atom stereocenters. The Morgan fingerprint density at radius 2 is 1.65 bits per heavy atom. The lowest BCUT2D eigenvalue weighted by atomic mass is 10.2. The van der Waals surface area contributed by atoms with Crippen LogP contribution < -0.4 is 4.52 Å². The molecule has 0 aliphatic rings. The van der Waals surface area contributed by atoms with Gasteiger partial charge in [-0.05, 0) is 38.1 Å². The van der Waals surface area contributed by atoms with Crippen molar-refractivity contribution in [3.8, 4) is 5.75 Å². The SMILES string of the molecule is CCOP(=O)(OCC)Oc1ccc(C=O)cc1. The van der Waals surface area contributed by atoms with E-state index in [0.717, 1.165) is 0 Å². The molecule has 0 saturated heterocycles. The van der Waals surface area contributed by atoms with Crippen LogP contribution in [0.5, 0.6) is 5.75 Å². The minimum absolute atomic E-state index is 0.226. The van der Waals surface area contributed by atoms with Crippen molar-refractivity contribution in [1.29, 1.82) is 0 Å². The van der Waals surface area contributed by atoms with Crippen molar-refractivity contribution in [3.05, 3.63) is 29.8 Å². The zero-order valence-corrected chi connectivity index (χ0v) is 10.7. The molecule has 0 unspecified atom stereocenters. The van der Waals surface area contributed by atoms with Crippen LogP contribution in [-0.2, 0) is 13.6 Å². The predicted octanol–water partition coefficient (Wildman–Crippen LogP) is 3.06. The Bertz CT molecular complexity index is 391. The Hall–Kier alpha value is -1.16. The molecule has 5 nitrogen and oxygen atoms in total. The second-order valence-corrected chi connectivity index (χ2v) is 4.65. The minimum Gasteiger partial charge on any atom is -0.404 e. The fourth-order valence-electron chi connectivity index (χ4n) is 1.14. The number of hydrogen-bond donors (Lipinski definition) is 0. The summed E-state index contributed by atoms with van der Waals surface area (Å²) in [6.07, 6.45) is 0.717. The number of phosphoric acid groups is 1. The molecule has 0 N–H and O–H groups in total. The van der Waals surface area contributed by atoms with E-state index < -0.39 is 7.82 Å². The van der Waals surface area contributed by atoms with Crippen LogP contribution in [0.1, 0.15) is 24.2 Å². The van der Waals surface area contributed by atoms with Crippen LogP contribution in [0.2, 0.25) is 0 Å². The van der Waals surface area contributed by atoms with Crippen LogP contribution in [-0.4, -0.2) is 19.5 Å². The molecule has 17 heavy (non-hydrogen) atoms. The summed E-state index contributed by atoms with van der Waals surface area (Å²) in [6.45, 7) is 3.85. The third-order valence-electron chi connectivity index (χ3n) is 1.81. The third-order valence-corrected chi connectivity index (χ3v) is 3.39. The van der Waals surface area contributed by atoms with Gasteiger partial charge in [0.2, 0.25) is 0 Å². The lowest BCUT2D eigenvalue weighted by Crippen LogP contribution is -2.02. The lowest BCUT2D eigenvalue weighted by molar-refractivity contribution is 0.112. The summed E-state index contributed by atoms with van der Waals surface area (Å²) in [5, 5.41) is 0. The summed E-state index contributed by atoms with van der Waals surface area (Å²) in [7, 11) is -3.55. The average molecular weight is 258 g/mol. The van der Waals surface area contributed by atoms with Gasteiger partial charge in [0.05, 0.1) is 13.2 Å². The van der Waals surface area contributed by atoms with Crippen molar-refractivity contribution >= 4 is 14.1 Å². The second kappa shape index (κ2) is 6.55. The van der Waals surface area contributed by atoms with Crippen LogP contribution >= 0.6 is 7.82 Å². The number of rotatable bonds is 7. The van der Waals surface area contributed by atoms with E-state index in [2.05, 4.69) is 0 Å². The average Bonchev–Trinajstić information content (AvgIpc) is 2.30. The summed E-state index contributed by atoms with van der Waals surface area (Å²) in [5.41, 5.74) is 0.514. The summed E-state index contributed by atoms with van der Waals surface area (Å²) < 4.78 is 27.1. The van der Waals surface area contributed by atoms with E-state index in [4.69, 9.17) is 13.6 Å². The van der Waals surface area contributed by atoms with Gasteiger partial charge in [0.25, 0.3) is 0 Å². The van der Waals surface area contributed by atoms with Gasteiger partial charge >= 0.3 is 7.82 Å². The monoisotopic (exact) mass is 258 g/mol. The highest BCUT2D eigenvalue weighted by Gasteiger charge is 2.27. The number of carbonyl (C=O) groups excluding carboxylic acids is 1. The molecular formula is C11H15O5P. The maximum absolute atomic E-state index is 12.0. The van der Waals surface area contributed by atoms with Gasteiger partial charge in [-0.3, -0.25) is 13.8 Å². The second-order valence-electron chi connectivity index (χ2n) is 3.06. The first-order valence-electron chi connectivity index (χ1n) is 5.27. The standard InChI is InChI=1S/C11H15O5P/c1-3-14-17(13,15-4-2)16-11-7-5-10(9-12)6-8-11/h5-9H,3-4H2,1-2H3. The Morgan fingerprint density at radius 3 is 2.06 bits per heavy atom. The number of hydrogen-bond acceptors (Lipinski definition) is 5. The zero-order valence-electron chi connectivity index (χ0n) is 9.79. The molecule has 0 aliphatic heterocycles. The van der Waals surface area contributed by atoms with E-state index in [0.29, 0.717) is 17.6 Å². The Kier molecular flexibility index (Phi) is 5.35. The van der Waals surface area contributed by atoms with Crippen molar-refractivity contribution in [2.45, 2.75) is 13.8 Å². The molecule has 0 fully saturated rings. The summed E-state index contributed by atoms with van der Waals surface area (Å²) >= 11 is 0. The highest BCUT2D eigenvalue weighted by atomic mass is 31.2. The van der Waals surface area contributed by atoms with Gasteiger partial charge in [-0.15, -0.1) is 0 Å². The maximum Gasteiger partial charge on any atom is 0.530 e. The first kappa shape index (κ1) is 13.9. The van der Waals surface area contributed by atoms with E-state index in [1.165, 1.54) is 12.1 Å². The molecule has 1 aromatic carbocycles. The molecule has 0 saturated carbocycles. The molecule has 94 valence electrons. The van der Waals surface area contributed by atoms with Gasteiger partial charge in [0.1, 0.15) is 12.0 Å². The molecule has 0 amide bonds.